The SMILES string of the molecule is Cc1cc(C(=O)NCc2cccc(O)c2)ccn1. The van der Waals surface area contributed by atoms with E-state index in [4.69, 9.17) is 0 Å². The van der Waals surface area contributed by atoms with E-state index in [1.807, 2.05) is 13.0 Å². The van der Waals surface area contributed by atoms with E-state index in [0.717, 1.165) is 11.3 Å². The number of pyridine rings is 1. The third-order valence-electron chi connectivity index (χ3n) is 2.52. The number of phenolic OH excluding ortho intramolecular Hbond substituents is 1. The summed E-state index contributed by atoms with van der Waals surface area (Å²) in [6, 6.07) is 10.2. The zero-order chi connectivity index (χ0) is 13.0. The Kier molecular flexibility index (Phi) is 3.57. The van der Waals surface area contributed by atoms with Gasteiger partial charge >= 0.3 is 0 Å². The van der Waals surface area contributed by atoms with E-state index < -0.39 is 0 Å². The quantitative estimate of drug-likeness (QED) is 0.865. The minimum Gasteiger partial charge on any atom is -0.508 e. The molecule has 0 atom stereocenters. The predicted molar refractivity (Wildman–Crippen MR) is 68.3 cm³/mol. The first-order chi connectivity index (χ1) is 8.65. The molecule has 1 aromatic carbocycles. The summed E-state index contributed by atoms with van der Waals surface area (Å²) >= 11 is 0. The maximum absolute atomic E-state index is 11.9. The van der Waals surface area contributed by atoms with Gasteiger partial charge in [0.1, 0.15) is 5.75 Å². The number of carbonyl (C=O) groups is 1. The van der Waals surface area contributed by atoms with Crippen molar-refractivity contribution in [2.45, 2.75) is 13.5 Å². The fourth-order valence-electron chi connectivity index (χ4n) is 1.64. The lowest BCUT2D eigenvalue weighted by Crippen LogP contribution is -2.22. The third kappa shape index (κ3) is 3.07. The molecule has 92 valence electrons. The van der Waals surface area contributed by atoms with Crippen LogP contribution in [0, 0.1) is 6.92 Å². The van der Waals surface area contributed by atoms with Crippen LogP contribution in [-0.4, -0.2) is 16.0 Å². The standard InChI is InChI=1S/C14H14N2O2/c1-10-7-12(5-6-15-10)14(18)16-9-11-3-2-4-13(17)8-11/h2-8,17H,9H2,1H3,(H,16,18). The molecular weight excluding hydrogens is 228 g/mol. The Labute approximate surface area is 105 Å². The van der Waals surface area contributed by atoms with Gasteiger partial charge in [-0.1, -0.05) is 12.1 Å². The molecule has 0 spiro atoms. The number of hydrogen-bond donors (Lipinski definition) is 2. The number of aromatic hydroxyl groups is 1. The number of aromatic nitrogens is 1. The number of phenols is 1. The fraction of sp³-hybridized carbons (Fsp3) is 0.143. The van der Waals surface area contributed by atoms with Gasteiger partial charge in [0.25, 0.3) is 5.91 Å². The van der Waals surface area contributed by atoms with Crippen LogP contribution in [-0.2, 0) is 6.54 Å². The molecule has 0 saturated heterocycles. The number of nitrogens with one attached hydrogen (secondary N) is 1. The number of aryl methyl sites for hydroxylation is 1. The van der Waals surface area contributed by atoms with Gasteiger partial charge in [-0.2, -0.15) is 0 Å². The molecule has 0 aliphatic rings. The van der Waals surface area contributed by atoms with Gasteiger partial charge in [-0.25, -0.2) is 0 Å². The number of amides is 1. The van der Waals surface area contributed by atoms with E-state index in [-0.39, 0.29) is 11.7 Å². The molecule has 0 aliphatic carbocycles. The van der Waals surface area contributed by atoms with E-state index in [9.17, 15) is 9.90 Å². The molecule has 1 aromatic heterocycles. The van der Waals surface area contributed by atoms with Crippen molar-refractivity contribution in [3.63, 3.8) is 0 Å². The Morgan fingerprint density at radius 3 is 2.89 bits per heavy atom. The molecule has 0 aliphatic heterocycles. The Morgan fingerprint density at radius 1 is 1.33 bits per heavy atom. The van der Waals surface area contributed by atoms with Crippen LogP contribution >= 0.6 is 0 Å². The highest BCUT2D eigenvalue weighted by Gasteiger charge is 2.05. The molecule has 0 unspecified atom stereocenters. The van der Waals surface area contributed by atoms with Crippen LogP contribution in [0.5, 0.6) is 5.75 Å². The van der Waals surface area contributed by atoms with Crippen LogP contribution in [0.1, 0.15) is 21.6 Å². The second-order valence-corrected chi connectivity index (χ2v) is 4.04. The van der Waals surface area contributed by atoms with Crippen LogP contribution in [0.4, 0.5) is 0 Å². The first kappa shape index (κ1) is 12.1. The summed E-state index contributed by atoms with van der Waals surface area (Å²) in [5.41, 5.74) is 2.25. The summed E-state index contributed by atoms with van der Waals surface area (Å²) < 4.78 is 0. The number of carbonyl (C=O) groups excluding carboxylic acids is 1. The molecule has 0 radical (unpaired) electrons. The van der Waals surface area contributed by atoms with E-state index in [1.165, 1.54) is 0 Å². The van der Waals surface area contributed by atoms with Gasteiger partial charge in [0, 0.05) is 24.0 Å². The average molecular weight is 242 g/mol. The predicted octanol–water partition coefficient (Wildman–Crippen LogP) is 2.03. The minimum absolute atomic E-state index is 0.149. The van der Waals surface area contributed by atoms with Gasteiger partial charge in [0.2, 0.25) is 0 Å². The van der Waals surface area contributed by atoms with Crippen LogP contribution in [0.15, 0.2) is 42.6 Å². The van der Waals surface area contributed by atoms with Gasteiger partial charge in [-0.3, -0.25) is 9.78 Å². The van der Waals surface area contributed by atoms with Crippen molar-refractivity contribution in [2.24, 2.45) is 0 Å². The van der Waals surface area contributed by atoms with Crippen LogP contribution in [0.2, 0.25) is 0 Å². The maximum atomic E-state index is 11.9. The van der Waals surface area contributed by atoms with Crippen molar-refractivity contribution in [1.29, 1.82) is 0 Å². The summed E-state index contributed by atoms with van der Waals surface area (Å²) in [4.78, 5) is 15.9. The van der Waals surface area contributed by atoms with Crippen molar-refractivity contribution < 1.29 is 9.90 Å². The molecule has 4 heteroatoms. The molecule has 2 aromatic rings. The Bertz CT molecular complexity index is 567. The van der Waals surface area contributed by atoms with Gasteiger partial charge in [0.05, 0.1) is 0 Å². The lowest BCUT2D eigenvalue weighted by molar-refractivity contribution is 0.0950. The summed E-state index contributed by atoms with van der Waals surface area (Å²) in [5, 5.41) is 12.1. The second kappa shape index (κ2) is 5.31. The number of rotatable bonds is 3. The van der Waals surface area contributed by atoms with Gasteiger partial charge in [-0.05, 0) is 36.8 Å². The fourth-order valence-corrected chi connectivity index (χ4v) is 1.64. The second-order valence-electron chi connectivity index (χ2n) is 4.04. The Balaban J connectivity index is 2.00. The monoisotopic (exact) mass is 242 g/mol. The van der Waals surface area contributed by atoms with Crippen molar-refractivity contribution in [2.75, 3.05) is 0 Å². The highest BCUT2D eigenvalue weighted by Crippen LogP contribution is 2.10. The topological polar surface area (TPSA) is 62.2 Å². The van der Waals surface area contributed by atoms with E-state index in [0.29, 0.717) is 12.1 Å². The lowest BCUT2D eigenvalue weighted by Gasteiger charge is -2.06. The highest BCUT2D eigenvalue weighted by molar-refractivity contribution is 5.94. The van der Waals surface area contributed by atoms with Gasteiger partial charge in [0.15, 0.2) is 0 Å². The molecule has 0 saturated carbocycles. The highest BCUT2D eigenvalue weighted by atomic mass is 16.3. The molecule has 18 heavy (non-hydrogen) atoms. The Morgan fingerprint density at radius 2 is 2.17 bits per heavy atom. The summed E-state index contributed by atoms with van der Waals surface area (Å²) in [6.45, 7) is 2.22. The van der Waals surface area contributed by atoms with Crippen molar-refractivity contribution in [1.82, 2.24) is 10.3 Å². The first-order valence-corrected chi connectivity index (χ1v) is 5.64. The van der Waals surface area contributed by atoms with Crippen molar-refractivity contribution >= 4 is 5.91 Å². The Hall–Kier alpha value is -2.36. The summed E-state index contributed by atoms with van der Waals surface area (Å²) in [7, 11) is 0. The molecule has 0 fully saturated rings. The number of benzene rings is 1. The molecule has 4 nitrogen and oxygen atoms in total. The average Bonchev–Trinajstić information content (AvgIpc) is 2.36. The van der Waals surface area contributed by atoms with E-state index in [1.54, 1.807) is 36.5 Å². The lowest BCUT2D eigenvalue weighted by atomic mass is 10.2. The van der Waals surface area contributed by atoms with Crippen LogP contribution < -0.4 is 5.32 Å². The maximum Gasteiger partial charge on any atom is 0.251 e. The van der Waals surface area contributed by atoms with E-state index >= 15 is 0 Å². The molecule has 0 bridgehead atoms. The van der Waals surface area contributed by atoms with Crippen LogP contribution in [0.25, 0.3) is 0 Å². The molecular formula is C14H14N2O2. The zero-order valence-electron chi connectivity index (χ0n) is 10.1. The summed E-state index contributed by atoms with van der Waals surface area (Å²) in [6.07, 6.45) is 1.61. The van der Waals surface area contributed by atoms with E-state index in [2.05, 4.69) is 10.3 Å². The number of nitrogens with zero attached hydrogens (tertiary/aromatic N) is 1. The minimum atomic E-state index is -0.149. The van der Waals surface area contributed by atoms with Crippen LogP contribution in [0.3, 0.4) is 0 Å². The third-order valence-corrected chi connectivity index (χ3v) is 2.52. The first-order valence-electron chi connectivity index (χ1n) is 5.64. The largest absolute Gasteiger partial charge is 0.508 e. The normalized spacial score (nSPS) is 10.1. The molecule has 2 N–H and O–H groups in total. The zero-order valence-corrected chi connectivity index (χ0v) is 10.1. The van der Waals surface area contributed by atoms with Crippen molar-refractivity contribution in [3.05, 3.63) is 59.4 Å². The molecule has 2 rings (SSSR count). The smallest absolute Gasteiger partial charge is 0.251 e. The van der Waals surface area contributed by atoms with Crippen molar-refractivity contribution in [3.8, 4) is 5.75 Å². The number of hydrogen-bond acceptors (Lipinski definition) is 3. The van der Waals surface area contributed by atoms with Gasteiger partial charge < -0.3 is 10.4 Å². The molecule has 1 heterocycles. The summed E-state index contributed by atoms with van der Waals surface area (Å²) in [5.74, 6) is 0.0466. The molecule has 1 amide bonds. The van der Waals surface area contributed by atoms with Gasteiger partial charge in [-0.15, -0.1) is 0 Å².